The van der Waals surface area contributed by atoms with Gasteiger partial charge >= 0.3 is 0 Å². The fourth-order valence-corrected chi connectivity index (χ4v) is 3.30. The molecule has 3 amide bonds. The lowest BCUT2D eigenvalue weighted by Gasteiger charge is -2.30. The van der Waals surface area contributed by atoms with Crippen LogP contribution in [0.1, 0.15) is 12.8 Å². The van der Waals surface area contributed by atoms with Crippen molar-refractivity contribution in [3.8, 4) is 0 Å². The molecule has 0 spiro atoms. The van der Waals surface area contributed by atoms with Crippen molar-refractivity contribution in [2.75, 3.05) is 18.1 Å². The molecular formula is C15H19ClN4O3S. The monoisotopic (exact) mass is 370 g/mol. The van der Waals surface area contributed by atoms with Crippen molar-refractivity contribution in [2.45, 2.75) is 24.4 Å². The maximum atomic E-state index is 12.0. The maximum absolute atomic E-state index is 12.0. The number of benzene rings is 1. The fourth-order valence-electron chi connectivity index (χ4n) is 2.21. The Morgan fingerprint density at radius 3 is 2.88 bits per heavy atom. The lowest BCUT2D eigenvalue weighted by atomic mass is 10.1. The maximum Gasteiger partial charge on any atom is 0.234 e. The molecule has 1 aliphatic rings. The van der Waals surface area contributed by atoms with Crippen molar-refractivity contribution in [3.63, 3.8) is 0 Å². The van der Waals surface area contributed by atoms with E-state index in [2.05, 4.69) is 21.3 Å². The van der Waals surface area contributed by atoms with Gasteiger partial charge in [0.15, 0.2) is 0 Å². The number of carbonyl (C=O) groups excluding carboxylic acids is 3. The number of amides is 3. The molecule has 0 aromatic heterocycles. The summed E-state index contributed by atoms with van der Waals surface area (Å²) in [5, 5.41) is 11.7. The molecular weight excluding hydrogens is 352 g/mol. The van der Waals surface area contributed by atoms with Crippen molar-refractivity contribution in [1.82, 2.24) is 16.0 Å². The third-order valence-electron chi connectivity index (χ3n) is 3.31. The Balaban J connectivity index is 1.80. The Labute approximate surface area is 149 Å². The van der Waals surface area contributed by atoms with Crippen molar-refractivity contribution < 1.29 is 14.4 Å². The van der Waals surface area contributed by atoms with Crippen molar-refractivity contribution in [3.05, 3.63) is 29.3 Å². The summed E-state index contributed by atoms with van der Waals surface area (Å²) in [6, 6.07) is 6.63. The topological polar surface area (TPSA) is 99.3 Å². The van der Waals surface area contributed by atoms with E-state index in [-0.39, 0.29) is 42.4 Å². The molecule has 4 N–H and O–H groups in total. The van der Waals surface area contributed by atoms with Gasteiger partial charge < -0.3 is 16.0 Å². The standard InChI is InChI=1S/C15H19ClN4O3S/c1-17-12(21)6-11-7-13(22)20-15(19-11)24-8-14(23)18-10-4-2-3-9(16)5-10/h2-5,11,15,19H,6-8H2,1H3,(H,17,21)(H,18,23)(H,20,22). The van der Waals surface area contributed by atoms with Crippen LogP contribution in [0, 0.1) is 0 Å². The smallest absolute Gasteiger partial charge is 0.234 e. The predicted octanol–water partition coefficient (Wildman–Crippen LogP) is 0.910. The zero-order valence-corrected chi connectivity index (χ0v) is 14.7. The number of hydrogen-bond acceptors (Lipinski definition) is 5. The van der Waals surface area contributed by atoms with Crippen LogP contribution in [0.3, 0.4) is 0 Å². The average Bonchev–Trinajstić information content (AvgIpc) is 2.52. The highest BCUT2D eigenvalue weighted by atomic mass is 35.5. The Hall–Kier alpha value is -1.77. The van der Waals surface area contributed by atoms with Gasteiger partial charge in [0.1, 0.15) is 5.50 Å². The summed E-state index contributed by atoms with van der Waals surface area (Å²) in [5.41, 5.74) is 0.206. The Morgan fingerprint density at radius 1 is 1.38 bits per heavy atom. The van der Waals surface area contributed by atoms with E-state index in [0.29, 0.717) is 10.7 Å². The molecule has 1 aliphatic heterocycles. The number of hydrogen-bond donors (Lipinski definition) is 4. The summed E-state index contributed by atoms with van der Waals surface area (Å²) >= 11 is 7.12. The minimum absolute atomic E-state index is 0.135. The first-order valence-electron chi connectivity index (χ1n) is 7.39. The molecule has 0 radical (unpaired) electrons. The lowest BCUT2D eigenvalue weighted by molar-refractivity contribution is -0.125. The van der Waals surface area contributed by atoms with Crippen molar-refractivity contribution >= 4 is 46.8 Å². The van der Waals surface area contributed by atoms with Gasteiger partial charge in [0.25, 0.3) is 0 Å². The van der Waals surface area contributed by atoms with Crippen LogP contribution in [0.5, 0.6) is 0 Å². The highest BCUT2D eigenvalue weighted by Crippen LogP contribution is 2.17. The van der Waals surface area contributed by atoms with E-state index in [1.54, 1.807) is 31.3 Å². The molecule has 1 heterocycles. The Bertz CT molecular complexity index is 628. The van der Waals surface area contributed by atoms with Crippen LogP contribution in [-0.4, -0.2) is 42.1 Å². The van der Waals surface area contributed by atoms with Crippen LogP contribution in [-0.2, 0) is 14.4 Å². The second kappa shape index (κ2) is 8.91. The van der Waals surface area contributed by atoms with Crippen molar-refractivity contribution in [2.24, 2.45) is 0 Å². The number of nitrogens with one attached hydrogen (secondary N) is 4. The number of carbonyl (C=O) groups is 3. The summed E-state index contributed by atoms with van der Waals surface area (Å²) in [6.45, 7) is 0. The zero-order chi connectivity index (χ0) is 17.5. The van der Waals surface area contributed by atoms with Gasteiger partial charge in [-0.1, -0.05) is 17.7 Å². The van der Waals surface area contributed by atoms with Crippen LogP contribution in [0.25, 0.3) is 0 Å². The van der Waals surface area contributed by atoms with E-state index >= 15 is 0 Å². The van der Waals surface area contributed by atoms with E-state index in [1.165, 1.54) is 11.8 Å². The van der Waals surface area contributed by atoms with Crippen LogP contribution < -0.4 is 21.3 Å². The van der Waals surface area contributed by atoms with Crippen LogP contribution >= 0.6 is 23.4 Å². The largest absolute Gasteiger partial charge is 0.359 e. The van der Waals surface area contributed by atoms with E-state index in [1.807, 2.05) is 0 Å². The predicted molar refractivity (Wildman–Crippen MR) is 94.7 cm³/mol. The first-order chi connectivity index (χ1) is 11.5. The van der Waals surface area contributed by atoms with Gasteiger partial charge in [0.2, 0.25) is 17.7 Å². The van der Waals surface area contributed by atoms with Gasteiger partial charge in [-0.25, -0.2) is 0 Å². The fraction of sp³-hybridized carbons (Fsp3) is 0.400. The molecule has 9 heteroatoms. The molecule has 1 aromatic carbocycles. The third-order valence-corrected chi connectivity index (χ3v) is 4.56. The molecule has 24 heavy (non-hydrogen) atoms. The van der Waals surface area contributed by atoms with Gasteiger partial charge in [-0.3, -0.25) is 19.7 Å². The molecule has 7 nitrogen and oxygen atoms in total. The highest BCUT2D eigenvalue weighted by Gasteiger charge is 2.27. The molecule has 130 valence electrons. The first-order valence-corrected chi connectivity index (χ1v) is 8.82. The van der Waals surface area contributed by atoms with E-state index in [9.17, 15) is 14.4 Å². The third kappa shape index (κ3) is 6.03. The number of halogens is 1. The molecule has 0 saturated carbocycles. The molecule has 2 atom stereocenters. The minimum atomic E-state index is -0.411. The van der Waals surface area contributed by atoms with Crippen LogP contribution in [0.2, 0.25) is 5.02 Å². The van der Waals surface area contributed by atoms with Gasteiger partial charge in [-0.2, -0.15) is 0 Å². The van der Waals surface area contributed by atoms with E-state index < -0.39 is 5.50 Å². The number of rotatable bonds is 6. The molecule has 2 unspecified atom stereocenters. The highest BCUT2D eigenvalue weighted by molar-refractivity contribution is 8.00. The Morgan fingerprint density at radius 2 is 2.17 bits per heavy atom. The molecule has 1 aromatic rings. The number of thioether (sulfide) groups is 1. The summed E-state index contributed by atoms with van der Waals surface area (Å²) < 4.78 is 0. The van der Waals surface area contributed by atoms with Crippen LogP contribution in [0.15, 0.2) is 24.3 Å². The summed E-state index contributed by atoms with van der Waals surface area (Å²) in [5.74, 6) is -0.330. The Kier molecular flexibility index (Phi) is 6.89. The molecule has 1 fully saturated rings. The molecule has 2 rings (SSSR count). The summed E-state index contributed by atoms with van der Waals surface area (Å²) in [6.07, 6.45) is 0.453. The van der Waals surface area contributed by atoms with Gasteiger partial charge in [-0.15, -0.1) is 11.8 Å². The zero-order valence-electron chi connectivity index (χ0n) is 13.1. The van der Waals surface area contributed by atoms with Crippen LogP contribution in [0.4, 0.5) is 5.69 Å². The first kappa shape index (κ1) is 18.6. The second-order valence-electron chi connectivity index (χ2n) is 5.26. The quantitative estimate of drug-likeness (QED) is 0.596. The average molecular weight is 371 g/mol. The normalized spacial score (nSPS) is 20.2. The number of anilines is 1. The molecule has 0 aliphatic carbocycles. The van der Waals surface area contributed by atoms with E-state index in [0.717, 1.165) is 0 Å². The van der Waals surface area contributed by atoms with E-state index in [4.69, 9.17) is 11.6 Å². The van der Waals surface area contributed by atoms with Gasteiger partial charge in [0, 0.05) is 36.6 Å². The SMILES string of the molecule is CNC(=O)CC1CC(=O)NC(SCC(=O)Nc2cccc(Cl)c2)N1. The van der Waals surface area contributed by atoms with Crippen molar-refractivity contribution in [1.29, 1.82) is 0 Å². The molecule has 0 bridgehead atoms. The molecule has 1 saturated heterocycles. The summed E-state index contributed by atoms with van der Waals surface area (Å²) in [7, 11) is 1.55. The summed E-state index contributed by atoms with van der Waals surface area (Å²) in [4.78, 5) is 35.1. The van der Waals surface area contributed by atoms with Gasteiger partial charge in [0.05, 0.1) is 5.75 Å². The van der Waals surface area contributed by atoms with Gasteiger partial charge in [-0.05, 0) is 18.2 Å². The minimum Gasteiger partial charge on any atom is -0.359 e. The lowest BCUT2D eigenvalue weighted by Crippen LogP contribution is -2.55. The second-order valence-corrected chi connectivity index (χ2v) is 6.79.